The van der Waals surface area contributed by atoms with E-state index in [2.05, 4.69) is 11.4 Å². The summed E-state index contributed by atoms with van der Waals surface area (Å²) in [6.45, 7) is 4.79. The number of ether oxygens (including phenoxy) is 1. The van der Waals surface area contributed by atoms with E-state index in [1.54, 1.807) is 6.92 Å². The molecule has 0 saturated carbocycles. The van der Waals surface area contributed by atoms with Crippen molar-refractivity contribution >= 4 is 0 Å². The third-order valence-corrected chi connectivity index (χ3v) is 2.47. The van der Waals surface area contributed by atoms with Crippen LogP contribution in [-0.2, 0) is 4.74 Å². The topological polar surface area (TPSA) is 45.0 Å². The first kappa shape index (κ1) is 10.5. The molecular weight excluding hydrogens is 164 g/mol. The van der Waals surface area contributed by atoms with Crippen molar-refractivity contribution in [3.8, 4) is 6.07 Å². The molecule has 0 aromatic rings. The molecule has 0 aromatic heterocycles. The molecule has 1 fully saturated rings. The van der Waals surface area contributed by atoms with Gasteiger partial charge in [-0.2, -0.15) is 5.26 Å². The molecular formula is C10H18N2O. The van der Waals surface area contributed by atoms with Crippen LogP contribution in [0.4, 0.5) is 0 Å². The molecule has 1 aliphatic heterocycles. The summed E-state index contributed by atoms with van der Waals surface area (Å²) >= 11 is 0. The van der Waals surface area contributed by atoms with Crippen LogP contribution < -0.4 is 5.32 Å². The summed E-state index contributed by atoms with van der Waals surface area (Å²) in [5.74, 6) is 0.750. The van der Waals surface area contributed by atoms with Gasteiger partial charge in [0.05, 0.1) is 6.07 Å². The van der Waals surface area contributed by atoms with Gasteiger partial charge in [0.15, 0.2) is 0 Å². The summed E-state index contributed by atoms with van der Waals surface area (Å²) in [5, 5.41) is 11.9. The summed E-state index contributed by atoms with van der Waals surface area (Å²) in [5.41, 5.74) is 0. The summed E-state index contributed by atoms with van der Waals surface area (Å²) in [6, 6.07) is 2.06. The number of nitrogens with zero attached hydrogens (tertiary/aromatic N) is 1. The van der Waals surface area contributed by atoms with E-state index in [1.165, 1.54) is 12.8 Å². The van der Waals surface area contributed by atoms with Gasteiger partial charge in [-0.3, -0.25) is 0 Å². The van der Waals surface area contributed by atoms with Gasteiger partial charge in [-0.05, 0) is 45.2 Å². The van der Waals surface area contributed by atoms with Gasteiger partial charge in [0.2, 0.25) is 0 Å². The number of nitrogens with one attached hydrogen (secondary N) is 1. The maximum atomic E-state index is 8.48. The van der Waals surface area contributed by atoms with Gasteiger partial charge in [-0.1, -0.05) is 0 Å². The van der Waals surface area contributed by atoms with Crippen LogP contribution in [0.1, 0.15) is 26.2 Å². The highest BCUT2D eigenvalue weighted by Gasteiger charge is 2.12. The lowest BCUT2D eigenvalue weighted by atomic mass is 9.97. The first-order valence-corrected chi connectivity index (χ1v) is 5.05. The minimum Gasteiger partial charge on any atom is -0.364 e. The van der Waals surface area contributed by atoms with Crippen molar-refractivity contribution in [2.24, 2.45) is 5.92 Å². The predicted molar refractivity (Wildman–Crippen MR) is 51.2 cm³/mol. The van der Waals surface area contributed by atoms with Crippen LogP contribution in [0.3, 0.4) is 0 Å². The van der Waals surface area contributed by atoms with Crippen molar-refractivity contribution in [1.82, 2.24) is 5.32 Å². The number of piperidine rings is 1. The maximum Gasteiger partial charge on any atom is 0.141 e. The van der Waals surface area contributed by atoms with Crippen LogP contribution >= 0.6 is 0 Å². The second-order valence-corrected chi connectivity index (χ2v) is 3.64. The number of hydrogen-bond donors (Lipinski definition) is 1. The monoisotopic (exact) mass is 182 g/mol. The molecule has 0 spiro atoms. The van der Waals surface area contributed by atoms with Crippen molar-refractivity contribution in [1.29, 1.82) is 5.26 Å². The Bertz CT molecular complexity index is 170. The normalized spacial score (nSPS) is 25.1. The molecule has 3 heteroatoms. The molecule has 0 amide bonds. The smallest absolute Gasteiger partial charge is 0.141 e. The van der Waals surface area contributed by atoms with Gasteiger partial charge in [-0.25, -0.2) is 0 Å². The highest BCUT2D eigenvalue weighted by molar-refractivity contribution is 4.79. The lowest BCUT2D eigenvalue weighted by molar-refractivity contribution is 0.0871. The maximum absolute atomic E-state index is 8.48. The molecule has 1 rings (SSSR count). The summed E-state index contributed by atoms with van der Waals surface area (Å²) < 4.78 is 5.30. The number of nitriles is 1. The lowest BCUT2D eigenvalue weighted by Gasteiger charge is -2.22. The van der Waals surface area contributed by atoms with Crippen molar-refractivity contribution in [2.45, 2.75) is 32.3 Å². The van der Waals surface area contributed by atoms with Gasteiger partial charge < -0.3 is 10.1 Å². The highest BCUT2D eigenvalue weighted by atomic mass is 16.5. The fourth-order valence-corrected chi connectivity index (χ4v) is 1.62. The molecule has 0 aromatic carbocycles. The fourth-order valence-electron chi connectivity index (χ4n) is 1.62. The predicted octanol–water partition coefficient (Wildman–Crippen LogP) is 1.30. The molecule has 74 valence electrons. The van der Waals surface area contributed by atoms with Gasteiger partial charge in [-0.15, -0.1) is 0 Å². The average molecular weight is 182 g/mol. The zero-order valence-electron chi connectivity index (χ0n) is 8.25. The minimum atomic E-state index is -0.253. The fraction of sp³-hybridized carbons (Fsp3) is 0.900. The van der Waals surface area contributed by atoms with E-state index >= 15 is 0 Å². The van der Waals surface area contributed by atoms with Crippen molar-refractivity contribution in [2.75, 3.05) is 19.7 Å². The Labute approximate surface area is 80.1 Å². The van der Waals surface area contributed by atoms with Gasteiger partial charge in [0.25, 0.3) is 0 Å². The molecule has 0 aliphatic carbocycles. The number of rotatable bonds is 4. The summed E-state index contributed by atoms with van der Waals surface area (Å²) in [6.07, 6.45) is 3.41. The lowest BCUT2D eigenvalue weighted by Crippen LogP contribution is -2.30. The molecule has 13 heavy (non-hydrogen) atoms. The van der Waals surface area contributed by atoms with Crippen LogP contribution in [0.15, 0.2) is 0 Å². The second-order valence-electron chi connectivity index (χ2n) is 3.64. The first-order chi connectivity index (χ1) is 6.33. The Morgan fingerprint density at radius 1 is 1.69 bits per heavy atom. The molecule has 2 atom stereocenters. The van der Waals surface area contributed by atoms with Crippen molar-refractivity contribution < 1.29 is 4.74 Å². The Morgan fingerprint density at radius 2 is 2.54 bits per heavy atom. The van der Waals surface area contributed by atoms with E-state index in [1.807, 2.05) is 0 Å². The zero-order chi connectivity index (χ0) is 9.52. The Hall–Kier alpha value is -0.590. The first-order valence-electron chi connectivity index (χ1n) is 5.05. The number of hydrogen-bond acceptors (Lipinski definition) is 3. The van der Waals surface area contributed by atoms with E-state index < -0.39 is 0 Å². The van der Waals surface area contributed by atoms with E-state index in [4.69, 9.17) is 10.00 Å². The molecule has 1 heterocycles. The summed E-state index contributed by atoms with van der Waals surface area (Å²) in [7, 11) is 0. The van der Waals surface area contributed by atoms with Crippen LogP contribution in [0.2, 0.25) is 0 Å². The second kappa shape index (κ2) is 5.95. The van der Waals surface area contributed by atoms with Gasteiger partial charge >= 0.3 is 0 Å². The quantitative estimate of drug-likeness (QED) is 0.713. The molecule has 3 nitrogen and oxygen atoms in total. The average Bonchev–Trinajstić information content (AvgIpc) is 2.19. The van der Waals surface area contributed by atoms with Gasteiger partial charge in [0.1, 0.15) is 6.10 Å². The van der Waals surface area contributed by atoms with E-state index in [0.29, 0.717) is 0 Å². The third kappa shape index (κ3) is 4.25. The third-order valence-electron chi connectivity index (χ3n) is 2.47. The van der Waals surface area contributed by atoms with Crippen LogP contribution in [0.5, 0.6) is 0 Å². The largest absolute Gasteiger partial charge is 0.364 e. The van der Waals surface area contributed by atoms with Crippen molar-refractivity contribution in [3.63, 3.8) is 0 Å². The van der Waals surface area contributed by atoms with Crippen LogP contribution in [0, 0.1) is 17.2 Å². The summed E-state index contributed by atoms with van der Waals surface area (Å²) in [4.78, 5) is 0. The minimum absolute atomic E-state index is 0.253. The molecule has 1 saturated heterocycles. The highest BCUT2D eigenvalue weighted by Crippen LogP contribution is 2.13. The standard InChI is InChI=1S/C10H18N2O/c1-9(7-11)13-6-4-10-3-2-5-12-8-10/h9-10,12H,2-6,8H2,1H3. The van der Waals surface area contributed by atoms with E-state index in [9.17, 15) is 0 Å². The van der Waals surface area contributed by atoms with E-state index in [0.717, 1.165) is 32.0 Å². The Balaban J connectivity index is 2.02. The van der Waals surface area contributed by atoms with Crippen LogP contribution in [-0.4, -0.2) is 25.8 Å². The van der Waals surface area contributed by atoms with E-state index in [-0.39, 0.29) is 6.10 Å². The van der Waals surface area contributed by atoms with Crippen molar-refractivity contribution in [3.05, 3.63) is 0 Å². The Kier molecular flexibility index (Phi) is 4.81. The SMILES string of the molecule is CC(C#N)OCCC1CCCNC1. The molecule has 0 radical (unpaired) electrons. The Morgan fingerprint density at radius 3 is 3.15 bits per heavy atom. The molecule has 0 bridgehead atoms. The zero-order valence-corrected chi connectivity index (χ0v) is 8.25. The molecule has 2 unspecified atom stereocenters. The molecule has 1 aliphatic rings. The van der Waals surface area contributed by atoms with Crippen LogP contribution in [0.25, 0.3) is 0 Å². The van der Waals surface area contributed by atoms with Gasteiger partial charge in [0, 0.05) is 6.61 Å². The molecule has 1 N–H and O–H groups in total.